The van der Waals surface area contributed by atoms with Gasteiger partial charge in [-0.15, -0.1) is 0 Å². The molecule has 1 aliphatic rings. The summed E-state index contributed by atoms with van der Waals surface area (Å²) in [6.45, 7) is 0.330. The lowest BCUT2D eigenvalue weighted by atomic mass is 10.1. The van der Waals surface area contributed by atoms with Gasteiger partial charge in [-0.05, 0) is 36.6 Å². The van der Waals surface area contributed by atoms with Crippen molar-refractivity contribution in [2.24, 2.45) is 0 Å². The molecule has 86 valence electrons. The molecule has 2 nitrogen and oxygen atoms in total. The van der Waals surface area contributed by atoms with E-state index in [1.165, 1.54) is 31.0 Å². The van der Waals surface area contributed by atoms with Crippen LogP contribution in [0, 0.1) is 5.82 Å². The molecule has 2 rings (SSSR count). The summed E-state index contributed by atoms with van der Waals surface area (Å²) in [5, 5.41) is 0. The van der Waals surface area contributed by atoms with Gasteiger partial charge in [0, 0.05) is 5.56 Å². The largest absolute Gasteiger partial charge is 0.374 e. The number of ether oxygens (including phenoxy) is 1. The Morgan fingerprint density at radius 1 is 1.38 bits per heavy atom. The van der Waals surface area contributed by atoms with Crippen LogP contribution in [-0.2, 0) is 11.3 Å². The molecule has 16 heavy (non-hydrogen) atoms. The highest BCUT2D eigenvalue weighted by Crippen LogP contribution is 2.22. The van der Waals surface area contributed by atoms with Crippen LogP contribution in [0.4, 0.5) is 4.39 Å². The molecular weight excluding hydrogens is 207 g/mol. The third kappa shape index (κ3) is 2.67. The molecule has 0 aliphatic heterocycles. The third-order valence-corrected chi connectivity index (χ3v) is 3.01. The fourth-order valence-corrected chi connectivity index (χ4v) is 2.08. The predicted molar refractivity (Wildman–Crippen MR) is 58.8 cm³/mol. The van der Waals surface area contributed by atoms with Crippen LogP contribution < -0.4 is 0 Å². The fraction of sp³-hybridized carbons (Fsp3) is 0.462. The first-order chi connectivity index (χ1) is 7.79. The van der Waals surface area contributed by atoms with Crippen molar-refractivity contribution in [3.8, 4) is 0 Å². The molecule has 0 aromatic heterocycles. The Labute approximate surface area is 94.4 Å². The second-order valence-corrected chi connectivity index (χ2v) is 4.18. The van der Waals surface area contributed by atoms with E-state index in [1.54, 1.807) is 0 Å². The molecule has 1 saturated carbocycles. The van der Waals surface area contributed by atoms with Crippen LogP contribution in [0.25, 0.3) is 0 Å². The molecule has 0 amide bonds. The summed E-state index contributed by atoms with van der Waals surface area (Å²) in [5.41, 5.74) is 1.15. The highest BCUT2D eigenvalue weighted by molar-refractivity contribution is 5.77. The van der Waals surface area contributed by atoms with Crippen molar-refractivity contribution in [1.29, 1.82) is 0 Å². The van der Waals surface area contributed by atoms with Gasteiger partial charge in [-0.1, -0.05) is 12.8 Å². The van der Waals surface area contributed by atoms with Crippen molar-refractivity contribution >= 4 is 6.29 Å². The molecule has 0 N–H and O–H groups in total. The topological polar surface area (TPSA) is 26.3 Å². The van der Waals surface area contributed by atoms with Crippen LogP contribution in [0.15, 0.2) is 18.2 Å². The zero-order valence-corrected chi connectivity index (χ0v) is 9.12. The van der Waals surface area contributed by atoms with Gasteiger partial charge >= 0.3 is 0 Å². The van der Waals surface area contributed by atoms with Gasteiger partial charge in [0.2, 0.25) is 0 Å². The van der Waals surface area contributed by atoms with E-state index in [4.69, 9.17) is 4.74 Å². The van der Waals surface area contributed by atoms with Crippen LogP contribution in [0.2, 0.25) is 0 Å². The summed E-state index contributed by atoms with van der Waals surface area (Å²) in [6.07, 6.45) is 5.58. The molecule has 1 aliphatic carbocycles. The van der Waals surface area contributed by atoms with Crippen molar-refractivity contribution < 1.29 is 13.9 Å². The van der Waals surface area contributed by atoms with Crippen molar-refractivity contribution in [3.63, 3.8) is 0 Å². The van der Waals surface area contributed by atoms with Crippen molar-refractivity contribution in [3.05, 3.63) is 35.1 Å². The second kappa shape index (κ2) is 5.21. The molecule has 1 fully saturated rings. The number of carbonyl (C=O) groups excluding carboxylic acids is 1. The monoisotopic (exact) mass is 222 g/mol. The average Bonchev–Trinajstić information content (AvgIpc) is 2.79. The minimum Gasteiger partial charge on any atom is -0.374 e. The highest BCUT2D eigenvalue weighted by Gasteiger charge is 2.16. The Morgan fingerprint density at radius 2 is 2.12 bits per heavy atom. The summed E-state index contributed by atoms with van der Waals surface area (Å²) in [6, 6.07) is 4.16. The summed E-state index contributed by atoms with van der Waals surface area (Å²) < 4.78 is 18.7. The summed E-state index contributed by atoms with van der Waals surface area (Å²) >= 11 is 0. The summed E-state index contributed by atoms with van der Waals surface area (Å²) in [4.78, 5) is 10.8. The molecule has 0 atom stereocenters. The van der Waals surface area contributed by atoms with Gasteiger partial charge in [0.15, 0.2) is 0 Å². The number of hydrogen-bond donors (Lipinski definition) is 0. The number of aldehydes is 1. The van der Waals surface area contributed by atoms with Crippen molar-refractivity contribution in [1.82, 2.24) is 0 Å². The van der Waals surface area contributed by atoms with E-state index >= 15 is 0 Å². The Hall–Kier alpha value is -1.22. The zero-order valence-electron chi connectivity index (χ0n) is 9.12. The molecule has 0 radical (unpaired) electrons. The third-order valence-electron chi connectivity index (χ3n) is 3.01. The van der Waals surface area contributed by atoms with Crippen molar-refractivity contribution in [2.75, 3.05) is 0 Å². The van der Waals surface area contributed by atoms with Gasteiger partial charge in [-0.25, -0.2) is 4.39 Å². The van der Waals surface area contributed by atoms with Crippen LogP contribution in [0.1, 0.15) is 41.6 Å². The fourth-order valence-electron chi connectivity index (χ4n) is 2.08. The lowest BCUT2D eigenvalue weighted by Gasteiger charge is -2.12. The smallest absolute Gasteiger partial charge is 0.150 e. The van der Waals surface area contributed by atoms with E-state index in [-0.39, 0.29) is 11.9 Å². The maximum atomic E-state index is 13.0. The Bertz CT molecular complexity index is 370. The normalized spacial score (nSPS) is 16.6. The van der Waals surface area contributed by atoms with E-state index in [1.807, 2.05) is 0 Å². The first-order valence-electron chi connectivity index (χ1n) is 5.65. The maximum absolute atomic E-state index is 13.0. The van der Waals surface area contributed by atoms with Gasteiger partial charge < -0.3 is 4.74 Å². The summed E-state index contributed by atoms with van der Waals surface area (Å²) in [7, 11) is 0. The molecular formula is C13H15FO2. The van der Waals surface area contributed by atoms with Crippen LogP contribution in [-0.4, -0.2) is 12.4 Å². The number of rotatable bonds is 4. The molecule has 1 aromatic carbocycles. The quantitative estimate of drug-likeness (QED) is 0.732. The van der Waals surface area contributed by atoms with E-state index in [9.17, 15) is 9.18 Å². The number of halogens is 1. The van der Waals surface area contributed by atoms with Gasteiger partial charge in [0.05, 0.1) is 12.7 Å². The molecule has 3 heteroatoms. The number of benzene rings is 1. The van der Waals surface area contributed by atoms with E-state index in [2.05, 4.69) is 0 Å². The average molecular weight is 222 g/mol. The molecule has 0 heterocycles. The molecule has 0 bridgehead atoms. The van der Waals surface area contributed by atoms with Crippen LogP contribution in [0.3, 0.4) is 0 Å². The van der Waals surface area contributed by atoms with E-state index in [0.717, 1.165) is 19.1 Å². The summed E-state index contributed by atoms with van der Waals surface area (Å²) in [5.74, 6) is -0.323. The lowest BCUT2D eigenvalue weighted by molar-refractivity contribution is 0.0452. The lowest BCUT2D eigenvalue weighted by Crippen LogP contribution is -2.08. The highest BCUT2D eigenvalue weighted by atomic mass is 19.1. The Balaban J connectivity index is 2.01. The van der Waals surface area contributed by atoms with Crippen LogP contribution >= 0.6 is 0 Å². The minimum atomic E-state index is -0.323. The molecule has 1 aromatic rings. The van der Waals surface area contributed by atoms with Gasteiger partial charge in [0.25, 0.3) is 0 Å². The Kier molecular flexibility index (Phi) is 3.67. The standard InChI is InChI=1S/C13H15FO2/c14-12-6-5-10(8-15)11(7-12)9-16-13-3-1-2-4-13/h5-8,13H,1-4,9H2. The molecule has 0 spiro atoms. The number of hydrogen-bond acceptors (Lipinski definition) is 2. The van der Waals surface area contributed by atoms with Gasteiger partial charge in [0.1, 0.15) is 12.1 Å². The molecule has 0 unspecified atom stereocenters. The second-order valence-electron chi connectivity index (χ2n) is 4.18. The number of carbonyl (C=O) groups is 1. The minimum absolute atomic E-state index is 0.280. The Morgan fingerprint density at radius 3 is 2.81 bits per heavy atom. The maximum Gasteiger partial charge on any atom is 0.150 e. The zero-order chi connectivity index (χ0) is 11.4. The van der Waals surface area contributed by atoms with Gasteiger partial charge in [-0.2, -0.15) is 0 Å². The van der Waals surface area contributed by atoms with E-state index < -0.39 is 0 Å². The van der Waals surface area contributed by atoms with E-state index in [0.29, 0.717) is 17.7 Å². The van der Waals surface area contributed by atoms with Crippen molar-refractivity contribution in [2.45, 2.75) is 38.4 Å². The van der Waals surface area contributed by atoms with Crippen LogP contribution in [0.5, 0.6) is 0 Å². The molecule has 0 saturated heterocycles. The first kappa shape index (κ1) is 11.3. The predicted octanol–water partition coefficient (Wildman–Crippen LogP) is 3.10. The van der Waals surface area contributed by atoms with Gasteiger partial charge in [-0.3, -0.25) is 4.79 Å². The first-order valence-corrected chi connectivity index (χ1v) is 5.65. The SMILES string of the molecule is O=Cc1ccc(F)cc1COC1CCCC1.